The Balaban J connectivity index is 1.45. The summed E-state index contributed by atoms with van der Waals surface area (Å²) in [6, 6.07) is 13.4. The summed E-state index contributed by atoms with van der Waals surface area (Å²) in [5.74, 6) is -0.792. The molecule has 0 aromatic heterocycles. The van der Waals surface area contributed by atoms with Gasteiger partial charge in [-0.1, -0.05) is 23.7 Å². The molecule has 1 aliphatic carbocycles. The summed E-state index contributed by atoms with van der Waals surface area (Å²) >= 11 is 5.95. The minimum Gasteiger partial charge on any atom is -0.343 e. The molecule has 2 aromatic rings. The zero-order valence-electron chi connectivity index (χ0n) is 14.4. The van der Waals surface area contributed by atoms with Crippen LogP contribution in [-0.2, 0) is 4.79 Å². The van der Waals surface area contributed by atoms with Crippen LogP contribution in [0.5, 0.6) is 0 Å². The van der Waals surface area contributed by atoms with Crippen LogP contribution in [0.2, 0.25) is 5.02 Å². The monoisotopic (exact) mass is 386 g/mol. The van der Waals surface area contributed by atoms with Crippen LogP contribution in [0, 0.1) is 0 Å². The average Bonchev–Trinajstić information content (AvgIpc) is 3.45. The summed E-state index contributed by atoms with van der Waals surface area (Å²) in [4.78, 5) is 35.7. The van der Waals surface area contributed by atoms with Crippen LogP contribution >= 0.6 is 11.6 Å². The van der Waals surface area contributed by atoms with Gasteiger partial charge in [-0.05, 0) is 49.2 Å². The highest BCUT2D eigenvalue weighted by molar-refractivity contribution is 6.33. The van der Waals surface area contributed by atoms with Gasteiger partial charge in [-0.2, -0.15) is 0 Å². The number of anilines is 2. The van der Waals surface area contributed by atoms with Crippen molar-refractivity contribution in [1.82, 2.24) is 10.6 Å². The maximum Gasteiger partial charge on any atom is 0.319 e. The SMILES string of the molecule is O=C(CNC(=O)c1ccccc1Cl)Nc1ccc(NC(=O)NC2CC2)cc1. The van der Waals surface area contributed by atoms with E-state index in [1.165, 1.54) is 0 Å². The van der Waals surface area contributed by atoms with Gasteiger partial charge in [0.05, 0.1) is 17.1 Å². The second kappa shape index (κ2) is 8.55. The van der Waals surface area contributed by atoms with Gasteiger partial charge < -0.3 is 21.3 Å². The first-order valence-electron chi connectivity index (χ1n) is 8.51. The molecule has 8 heteroatoms. The molecule has 7 nitrogen and oxygen atoms in total. The molecule has 0 bridgehead atoms. The summed E-state index contributed by atoms with van der Waals surface area (Å²) in [7, 11) is 0. The van der Waals surface area contributed by atoms with Crippen molar-refractivity contribution in [2.75, 3.05) is 17.2 Å². The molecule has 0 radical (unpaired) electrons. The molecule has 0 saturated heterocycles. The van der Waals surface area contributed by atoms with Crippen LogP contribution in [0.1, 0.15) is 23.2 Å². The number of carbonyl (C=O) groups is 3. The molecule has 0 spiro atoms. The van der Waals surface area contributed by atoms with Crippen LogP contribution in [0.15, 0.2) is 48.5 Å². The Labute approximate surface area is 161 Å². The number of halogens is 1. The minimum atomic E-state index is -0.419. The maximum absolute atomic E-state index is 12.0. The van der Waals surface area contributed by atoms with Gasteiger partial charge in [0.2, 0.25) is 5.91 Å². The van der Waals surface area contributed by atoms with Crippen LogP contribution in [0.25, 0.3) is 0 Å². The fourth-order valence-electron chi connectivity index (χ4n) is 2.32. The first-order chi connectivity index (χ1) is 13.0. The number of urea groups is 1. The highest BCUT2D eigenvalue weighted by Gasteiger charge is 2.23. The lowest BCUT2D eigenvalue weighted by atomic mass is 10.2. The highest BCUT2D eigenvalue weighted by Crippen LogP contribution is 2.19. The van der Waals surface area contributed by atoms with Crippen LogP contribution < -0.4 is 21.3 Å². The number of hydrogen-bond acceptors (Lipinski definition) is 3. The van der Waals surface area contributed by atoms with Crippen molar-refractivity contribution >= 4 is 40.8 Å². The number of benzene rings is 2. The second-order valence-corrected chi connectivity index (χ2v) is 6.57. The molecule has 0 aliphatic heterocycles. The molecular weight excluding hydrogens is 368 g/mol. The van der Waals surface area contributed by atoms with E-state index in [9.17, 15) is 14.4 Å². The van der Waals surface area contributed by atoms with E-state index < -0.39 is 5.91 Å². The van der Waals surface area contributed by atoms with Crippen molar-refractivity contribution in [2.45, 2.75) is 18.9 Å². The zero-order valence-corrected chi connectivity index (χ0v) is 15.2. The Morgan fingerprint density at radius 1 is 0.926 bits per heavy atom. The molecular formula is C19H19ClN4O3. The molecule has 4 N–H and O–H groups in total. The maximum atomic E-state index is 12.0. The van der Waals surface area contributed by atoms with Crippen molar-refractivity contribution < 1.29 is 14.4 Å². The van der Waals surface area contributed by atoms with Crippen LogP contribution in [-0.4, -0.2) is 30.4 Å². The largest absolute Gasteiger partial charge is 0.343 e. The Morgan fingerprint density at radius 2 is 1.56 bits per heavy atom. The van der Waals surface area contributed by atoms with E-state index in [0.717, 1.165) is 12.8 Å². The lowest BCUT2D eigenvalue weighted by molar-refractivity contribution is -0.115. The fraction of sp³-hybridized carbons (Fsp3) is 0.211. The Morgan fingerprint density at radius 3 is 2.19 bits per heavy atom. The molecule has 3 rings (SSSR count). The van der Waals surface area contributed by atoms with Gasteiger partial charge >= 0.3 is 6.03 Å². The number of hydrogen-bond donors (Lipinski definition) is 4. The van der Waals surface area contributed by atoms with Gasteiger partial charge in [0, 0.05) is 17.4 Å². The molecule has 0 heterocycles. The van der Waals surface area contributed by atoms with Crippen molar-refractivity contribution in [3.05, 3.63) is 59.1 Å². The third-order valence-corrected chi connectivity index (χ3v) is 4.20. The number of nitrogens with one attached hydrogen (secondary N) is 4. The van der Waals surface area contributed by atoms with Crippen molar-refractivity contribution in [3.8, 4) is 0 Å². The quantitative estimate of drug-likeness (QED) is 0.614. The van der Waals surface area contributed by atoms with Gasteiger partial charge in [0.25, 0.3) is 5.91 Å². The van der Waals surface area contributed by atoms with E-state index in [2.05, 4.69) is 21.3 Å². The molecule has 4 amide bonds. The molecule has 0 unspecified atom stereocenters. The Bertz CT molecular complexity index is 850. The van der Waals surface area contributed by atoms with Crippen molar-refractivity contribution in [2.24, 2.45) is 0 Å². The van der Waals surface area contributed by atoms with Crippen molar-refractivity contribution in [3.63, 3.8) is 0 Å². The lowest BCUT2D eigenvalue weighted by Gasteiger charge is -2.09. The van der Waals surface area contributed by atoms with Gasteiger partial charge in [-0.15, -0.1) is 0 Å². The summed E-state index contributed by atoms with van der Waals surface area (Å²) in [6.45, 7) is -0.187. The number of rotatable bonds is 6. The summed E-state index contributed by atoms with van der Waals surface area (Å²) in [5.41, 5.74) is 1.49. The second-order valence-electron chi connectivity index (χ2n) is 6.16. The first-order valence-corrected chi connectivity index (χ1v) is 8.89. The molecule has 0 atom stereocenters. The smallest absolute Gasteiger partial charge is 0.319 e. The highest BCUT2D eigenvalue weighted by atomic mass is 35.5. The van der Waals surface area contributed by atoms with Gasteiger partial charge in [0.1, 0.15) is 0 Å². The first kappa shape index (κ1) is 18.7. The van der Waals surface area contributed by atoms with Crippen LogP contribution in [0.3, 0.4) is 0 Å². The van der Waals surface area contributed by atoms with Gasteiger partial charge in [0.15, 0.2) is 0 Å². The lowest BCUT2D eigenvalue weighted by Crippen LogP contribution is -2.33. The average molecular weight is 387 g/mol. The predicted octanol–water partition coefficient (Wildman–Crippen LogP) is 2.99. The third kappa shape index (κ3) is 5.72. The molecule has 140 valence electrons. The Kier molecular flexibility index (Phi) is 5.93. The molecule has 2 aromatic carbocycles. The van der Waals surface area contributed by atoms with E-state index >= 15 is 0 Å². The van der Waals surface area contributed by atoms with E-state index in [4.69, 9.17) is 11.6 Å². The molecule has 1 aliphatic rings. The number of carbonyl (C=O) groups excluding carboxylic acids is 3. The summed E-state index contributed by atoms with van der Waals surface area (Å²) < 4.78 is 0. The molecule has 1 fully saturated rings. The van der Waals surface area contributed by atoms with Crippen molar-refractivity contribution in [1.29, 1.82) is 0 Å². The summed E-state index contributed by atoms with van der Waals surface area (Å²) in [6.07, 6.45) is 2.04. The Hall–Kier alpha value is -3.06. The van der Waals surface area contributed by atoms with E-state index in [1.807, 2.05) is 0 Å². The molecule has 27 heavy (non-hydrogen) atoms. The van der Waals surface area contributed by atoms with Gasteiger partial charge in [-0.25, -0.2) is 4.79 Å². The zero-order chi connectivity index (χ0) is 19.2. The molecule has 1 saturated carbocycles. The minimum absolute atomic E-state index is 0.187. The van der Waals surface area contributed by atoms with E-state index in [1.54, 1.807) is 48.5 Å². The van der Waals surface area contributed by atoms with E-state index in [-0.39, 0.29) is 24.5 Å². The van der Waals surface area contributed by atoms with Crippen LogP contribution in [0.4, 0.5) is 16.2 Å². The summed E-state index contributed by atoms with van der Waals surface area (Å²) in [5, 5.41) is 11.1. The predicted molar refractivity (Wildman–Crippen MR) is 104 cm³/mol. The fourth-order valence-corrected chi connectivity index (χ4v) is 2.55. The topological polar surface area (TPSA) is 99.3 Å². The third-order valence-electron chi connectivity index (χ3n) is 3.87. The normalized spacial score (nSPS) is 12.8. The number of amides is 4. The standard InChI is InChI=1S/C19H19ClN4O3/c20-16-4-2-1-3-15(16)18(26)21-11-17(25)22-12-5-7-13(8-6-12)23-19(27)24-14-9-10-14/h1-8,14H,9-11H2,(H,21,26)(H,22,25)(H2,23,24,27). The van der Waals surface area contributed by atoms with E-state index in [0.29, 0.717) is 22.0 Å². The van der Waals surface area contributed by atoms with Gasteiger partial charge in [-0.3, -0.25) is 9.59 Å².